The van der Waals surface area contributed by atoms with Crippen LogP contribution in [-0.4, -0.2) is 0 Å². The van der Waals surface area contributed by atoms with Crippen LogP contribution in [0.15, 0.2) is 211 Å². The van der Waals surface area contributed by atoms with Crippen LogP contribution in [0.1, 0.15) is 33.4 Å². The van der Waals surface area contributed by atoms with Gasteiger partial charge in [0.2, 0.25) is 0 Å². The molecule has 6 bridgehead atoms. The minimum Gasteiger partial charge on any atom is -0.457 e. The number of ether oxygens (including phenoxy) is 1. The lowest BCUT2D eigenvalue weighted by molar-refractivity contribution is 0.436. The number of nitrogens with zero attached hydrogens (tertiary/aromatic N) is 1. The second kappa shape index (κ2) is 12.3. The fourth-order valence-electron chi connectivity index (χ4n) is 10.4. The standard InChI is InChI=1S/C57H35NO2/c1-35-25-27-38(41-20-12-14-37-13-2-3-15-40(37)41)31-36-26-30-50-55(32-36)59-54-24-11-9-22-49(54)57(50)48-21-8-6-16-42(48)43-29-28-39(33-51(43)57)58(35)52-34-47-45-18-7-10-23-53(45)60-56(47)46-19-5-4-17-44(46)52/h2-34H,1H2/b27-25-,38-31+. The van der Waals surface area contributed by atoms with Gasteiger partial charge in [-0.1, -0.05) is 158 Å². The van der Waals surface area contributed by atoms with Crippen molar-refractivity contribution in [1.29, 1.82) is 0 Å². The average molecular weight is 766 g/mol. The molecule has 14 rings (SSSR count). The highest BCUT2D eigenvalue weighted by Gasteiger charge is 2.51. The van der Waals surface area contributed by atoms with E-state index in [4.69, 9.17) is 15.7 Å². The van der Waals surface area contributed by atoms with Crippen LogP contribution in [0.4, 0.5) is 11.4 Å². The number of anilines is 2. The van der Waals surface area contributed by atoms with Crippen LogP contribution in [0.2, 0.25) is 0 Å². The van der Waals surface area contributed by atoms with Crippen molar-refractivity contribution in [3.8, 4) is 22.6 Å². The molecule has 3 nitrogen and oxygen atoms in total. The van der Waals surface area contributed by atoms with Crippen LogP contribution in [0.5, 0.6) is 11.5 Å². The average Bonchev–Trinajstić information content (AvgIpc) is 3.81. The van der Waals surface area contributed by atoms with Crippen molar-refractivity contribution in [2.24, 2.45) is 0 Å². The highest BCUT2D eigenvalue weighted by molar-refractivity contribution is 6.19. The van der Waals surface area contributed by atoms with Crippen LogP contribution in [0.25, 0.3) is 66.3 Å². The number of furan rings is 1. The van der Waals surface area contributed by atoms with Crippen molar-refractivity contribution < 1.29 is 9.15 Å². The highest BCUT2D eigenvalue weighted by atomic mass is 16.5. The Balaban J connectivity index is 1.16. The Kier molecular flexibility index (Phi) is 6.80. The molecule has 0 amide bonds. The van der Waals surface area contributed by atoms with E-state index in [1.165, 1.54) is 33.0 Å². The third-order valence-corrected chi connectivity index (χ3v) is 13.0. The Morgan fingerprint density at radius 1 is 0.467 bits per heavy atom. The van der Waals surface area contributed by atoms with Gasteiger partial charge in [-0.05, 0) is 98.3 Å². The fourth-order valence-corrected chi connectivity index (χ4v) is 10.4. The van der Waals surface area contributed by atoms with Crippen LogP contribution in [-0.2, 0) is 5.41 Å². The molecule has 9 aromatic carbocycles. The molecule has 1 atom stereocenters. The van der Waals surface area contributed by atoms with E-state index < -0.39 is 5.41 Å². The third kappa shape index (κ3) is 4.49. The first-order valence-corrected chi connectivity index (χ1v) is 20.5. The van der Waals surface area contributed by atoms with Crippen molar-refractivity contribution >= 4 is 66.5 Å². The van der Waals surface area contributed by atoms with Gasteiger partial charge >= 0.3 is 0 Å². The van der Waals surface area contributed by atoms with Crippen LogP contribution in [0, 0.1) is 0 Å². The van der Waals surface area contributed by atoms with Crippen molar-refractivity contribution in [1.82, 2.24) is 0 Å². The molecule has 1 unspecified atom stereocenters. The van der Waals surface area contributed by atoms with Gasteiger partial charge in [0.25, 0.3) is 0 Å². The van der Waals surface area contributed by atoms with Gasteiger partial charge in [0.15, 0.2) is 0 Å². The summed E-state index contributed by atoms with van der Waals surface area (Å²) in [5.74, 6) is 1.73. The number of benzene rings is 9. The number of para-hydroxylation sites is 2. The van der Waals surface area contributed by atoms with Gasteiger partial charge in [0, 0.05) is 44.1 Å². The molecular weight excluding hydrogens is 731 g/mol. The summed E-state index contributed by atoms with van der Waals surface area (Å²) < 4.78 is 13.5. The van der Waals surface area contributed by atoms with Crippen LogP contribution in [0.3, 0.4) is 0 Å². The Morgan fingerprint density at radius 3 is 2.08 bits per heavy atom. The number of rotatable bonds is 2. The third-order valence-electron chi connectivity index (χ3n) is 13.0. The van der Waals surface area contributed by atoms with Gasteiger partial charge < -0.3 is 14.1 Å². The zero-order chi connectivity index (χ0) is 39.5. The Labute approximate surface area is 347 Å². The predicted molar refractivity (Wildman–Crippen MR) is 247 cm³/mol. The maximum absolute atomic E-state index is 6.94. The molecule has 1 spiro atoms. The lowest BCUT2D eigenvalue weighted by Gasteiger charge is -2.40. The lowest BCUT2D eigenvalue weighted by atomic mass is 9.66. The minimum atomic E-state index is -0.632. The summed E-state index contributed by atoms with van der Waals surface area (Å²) in [5.41, 5.74) is 14.5. The molecule has 60 heavy (non-hydrogen) atoms. The molecule has 280 valence electrons. The van der Waals surface area contributed by atoms with Crippen LogP contribution >= 0.6 is 0 Å². The molecule has 0 fully saturated rings. The summed E-state index contributed by atoms with van der Waals surface area (Å²) in [4.78, 5) is 2.34. The summed E-state index contributed by atoms with van der Waals surface area (Å²) in [6, 6.07) is 65.6. The molecule has 1 aliphatic carbocycles. The van der Waals surface area contributed by atoms with E-state index in [2.05, 4.69) is 199 Å². The zero-order valence-corrected chi connectivity index (χ0v) is 32.5. The van der Waals surface area contributed by atoms with Crippen molar-refractivity contribution in [3.63, 3.8) is 0 Å². The number of hydrogen-bond donors (Lipinski definition) is 0. The van der Waals surface area contributed by atoms with Gasteiger partial charge in [-0.15, -0.1) is 0 Å². The predicted octanol–water partition coefficient (Wildman–Crippen LogP) is 15.1. The molecule has 3 aliphatic heterocycles. The Hall–Kier alpha value is -7.88. The molecule has 0 N–H and O–H groups in total. The van der Waals surface area contributed by atoms with Gasteiger partial charge in [-0.3, -0.25) is 0 Å². The van der Waals surface area contributed by atoms with Gasteiger partial charge in [0.05, 0.1) is 11.1 Å². The monoisotopic (exact) mass is 765 g/mol. The largest absolute Gasteiger partial charge is 0.457 e. The van der Waals surface area contributed by atoms with Gasteiger partial charge in [-0.25, -0.2) is 0 Å². The molecule has 4 heterocycles. The van der Waals surface area contributed by atoms with Crippen molar-refractivity contribution in [2.45, 2.75) is 5.41 Å². The van der Waals surface area contributed by atoms with Gasteiger partial charge in [-0.2, -0.15) is 0 Å². The maximum atomic E-state index is 6.94. The number of fused-ring (bicyclic) bond motifs is 13. The van der Waals surface area contributed by atoms with E-state index in [1.807, 2.05) is 6.07 Å². The molecule has 0 saturated heterocycles. The number of hydrogen-bond acceptors (Lipinski definition) is 3. The van der Waals surface area contributed by atoms with E-state index in [-0.39, 0.29) is 0 Å². The maximum Gasteiger partial charge on any atom is 0.143 e. The van der Waals surface area contributed by atoms with Crippen molar-refractivity contribution in [3.05, 3.63) is 240 Å². The molecular formula is C57H35NO2. The minimum absolute atomic E-state index is 0.632. The second-order valence-corrected chi connectivity index (χ2v) is 16.1. The summed E-state index contributed by atoms with van der Waals surface area (Å²) in [7, 11) is 0. The first kappa shape index (κ1) is 33.1. The normalized spacial score (nSPS) is 17.6. The van der Waals surface area contributed by atoms with E-state index in [0.29, 0.717) is 0 Å². The van der Waals surface area contributed by atoms with E-state index >= 15 is 0 Å². The summed E-state index contributed by atoms with van der Waals surface area (Å²) in [5, 5.41) is 6.67. The van der Waals surface area contributed by atoms with Crippen molar-refractivity contribution in [2.75, 3.05) is 4.90 Å². The van der Waals surface area contributed by atoms with Gasteiger partial charge in [0.1, 0.15) is 22.7 Å². The quantitative estimate of drug-likeness (QED) is 0.175. The smallest absolute Gasteiger partial charge is 0.143 e. The zero-order valence-electron chi connectivity index (χ0n) is 32.5. The summed E-state index contributed by atoms with van der Waals surface area (Å²) >= 11 is 0. The first-order valence-electron chi connectivity index (χ1n) is 20.5. The van der Waals surface area contributed by atoms with E-state index in [0.717, 1.165) is 89.1 Å². The first-order chi connectivity index (χ1) is 29.6. The Bertz CT molecular complexity index is 3560. The summed E-state index contributed by atoms with van der Waals surface area (Å²) in [6.45, 7) is 4.89. The molecule has 3 heteroatoms. The fraction of sp³-hybridized carbons (Fsp3) is 0.0175. The molecule has 4 aliphatic rings. The van der Waals surface area contributed by atoms with E-state index in [1.54, 1.807) is 0 Å². The lowest BCUT2D eigenvalue weighted by Crippen LogP contribution is -2.32. The Morgan fingerprint density at radius 2 is 1.17 bits per heavy atom. The molecule has 0 radical (unpaired) electrons. The molecule has 10 aromatic rings. The molecule has 0 saturated carbocycles. The van der Waals surface area contributed by atoms with E-state index in [9.17, 15) is 0 Å². The van der Waals surface area contributed by atoms with Crippen LogP contribution < -0.4 is 9.64 Å². The number of allylic oxidation sites excluding steroid dienone is 3. The topological polar surface area (TPSA) is 25.6 Å². The SMILES string of the molecule is C=C1/C=C\C(c2cccc3ccccc23)=C/c2ccc3c(c2)Oc2ccccc2C32c3ccccc3-c3ccc(cc32)N1c1cc2c3ccccc3oc2c2ccccc12. The summed E-state index contributed by atoms with van der Waals surface area (Å²) in [6.07, 6.45) is 6.68. The molecule has 1 aromatic heterocycles. The second-order valence-electron chi connectivity index (χ2n) is 16.1. The highest BCUT2D eigenvalue weighted by Crippen LogP contribution is 2.63.